The smallest absolute Gasteiger partial charge is 0.289 e. The number of amides is 1. The highest BCUT2D eigenvalue weighted by Crippen LogP contribution is 2.13. The first-order valence-corrected chi connectivity index (χ1v) is 7.70. The third kappa shape index (κ3) is 3.06. The first kappa shape index (κ1) is 14.8. The molecule has 3 heterocycles. The van der Waals surface area contributed by atoms with E-state index in [1.807, 2.05) is 11.8 Å². The van der Waals surface area contributed by atoms with Crippen molar-refractivity contribution in [2.45, 2.75) is 20.3 Å². The molecule has 22 heavy (non-hydrogen) atoms. The fourth-order valence-electron chi connectivity index (χ4n) is 2.94. The number of H-pyrrole nitrogens is 1. The minimum Gasteiger partial charge on any atom is -0.459 e. The van der Waals surface area contributed by atoms with Crippen LogP contribution in [0.15, 0.2) is 22.8 Å². The van der Waals surface area contributed by atoms with Gasteiger partial charge in [-0.1, -0.05) is 0 Å². The predicted octanol–water partition coefficient (Wildman–Crippen LogP) is 1.62. The highest BCUT2D eigenvalue weighted by atomic mass is 16.3. The van der Waals surface area contributed by atoms with Gasteiger partial charge in [-0.3, -0.25) is 14.8 Å². The Balaban J connectivity index is 1.49. The average molecular weight is 302 g/mol. The highest BCUT2D eigenvalue weighted by molar-refractivity contribution is 5.91. The second kappa shape index (κ2) is 6.36. The van der Waals surface area contributed by atoms with E-state index in [1.54, 1.807) is 18.4 Å². The number of carbonyl (C=O) groups is 1. The average Bonchev–Trinajstić information content (AvgIpc) is 3.17. The number of rotatable bonds is 4. The number of carbonyl (C=O) groups excluding carboxylic acids is 1. The largest absolute Gasteiger partial charge is 0.459 e. The number of nitrogens with zero attached hydrogens (tertiary/aromatic N) is 3. The number of nitrogens with one attached hydrogen (secondary N) is 1. The van der Waals surface area contributed by atoms with Crippen LogP contribution in [-0.4, -0.2) is 58.6 Å². The lowest BCUT2D eigenvalue weighted by Gasteiger charge is -2.34. The Morgan fingerprint density at radius 1 is 1.32 bits per heavy atom. The van der Waals surface area contributed by atoms with E-state index in [0.717, 1.165) is 50.5 Å². The van der Waals surface area contributed by atoms with Crippen LogP contribution in [0, 0.1) is 13.8 Å². The van der Waals surface area contributed by atoms with Gasteiger partial charge in [0.05, 0.1) is 12.0 Å². The van der Waals surface area contributed by atoms with Gasteiger partial charge in [-0.15, -0.1) is 0 Å². The van der Waals surface area contributed by atoms with E-state index >= 15 is 0 Å². The quantitative estimate of drug-likeness (QED) is 0.932. The Morgan fingerprint density at radius 3 is 2.68 bits per heavy atom. The Morgan fingerprint density at radius 2 is 2.09 bits per heavy atom. The number of hydrogen-bond acceptors (Lipinski definition) is 4. The van der Waals surface area contributed by atoms with Gasteiger partial charge in [0.15, 0.2) is 5.76 Å². The minimum atomic E-state index is -0.00817. The van der Waals surface area contributed by atoms with Crippen LogP contribution in [0.4, 0.5) is 0 Å². The Hall–Kier alpha value is -2.08. The lowest BCUT2D eigenvalue weighted by atomic mass is 10.1. The summed E-state index contributed by atoms with van der Waals surface area (Å²) in [7, 11) is 0. The van der Waals surface area contributed by atoms with Gasteiger partial charge < -0.3 is 9.32 Å². The van der Waals surface area contributed by atoms with Gasteiger partial charge in [0.1, 0.15) is 0 Å². The molecular weight excluding hydrogens is 280 g/mol. The molecule has 0 radical (unpaired) electrons. The van der Waals surface area contributed by atoms with Crippen molar-refractivity contribution in [1.82, 2.24) is 20.0 Å². The van der Waals surface area contributed by atoms with Gasteiger partial charge in [0.2, 0.25) is 0 Å². The van der Waals surface area contributed by atoms with Gasteiger partial charge in [-0.2, -0.15) is 5.10 Å². The van der Waals surface area contributed by atoms with E-state index in [9.17, 15) is 4.79 Å². The zero-order valence-electron chi connectivity index (χ0n) is 13.1. The van der Waals surface area contributed by atoms with Crippen molar-refractivity contribution in [3.05, 3.63) is 41.1 Å². The summed E-state index contributed by atoms with van der Waals surface area (Å²) < 4.78 is 5.18. The SMILES string of the molecule is Cc1n[nH]c(C)c1CCN1CCN(C(=O)c2ccco2)CC1. The van der Waals surface area contributed by atoms with Crippen LogP contribution in [0.3, 0.4) is 0 Å². The molecule has 1 saturated heterocycles. The van der Waals surface area contributed by atoms with E-state index in [-0.39, 0.29) is 5.91 Å². The summed E-state index contributed by atoms with van der Waals surface area (Å²) >= 11 is 0. The molecule has 3 rings (SSSR count). The molecule has 0 aliphatic carbocycles. The highest BCUT2D eigenvalue weighted by Gasteiger charge is 2.23. The lowest BCUT2D eigenvalue weighted by molar-refractivity contribution is 0.0607. The molecule has 2 aromatic rings. The summed E-state index contributed by atoms with van der Waals surface area (Å²) in [5.74, 6) is 0.421. The van der Waals surface area contributed by atoms with Crippen molar-refractivity contribution in [3.63, 3.8) is 0 Å². The molecule has 2 aromatic heterocycles. The molecular formula is C16H22N4O2. The molecule has 0 unspecified atom stereocenters. The third-order valence-electron chi connectivity index (χ3n) is 4.35. The molecule has 1 N–H and O–H groups in total. The molecule has 0 atom stereocenters. The van der Waals surface area contributed by atoms with Crippen molar-refractivity contribution in [3.8, 4) is 0 Å². The molecule has 6 nitrogen and oxygen atoms in total. The second-order valence-corrected chi connectivity index (χ2v) is 5.77. The van der Waals surface area contributed by atoms with E-state index < -0.39 is 0 Å². The van der Waals surface area contributed by atoms with Crippen LogP contribution in [0.2, 0.25) is 0 Å². The zero-order valence-corrected chi connectivity index (χ0v) is 13.1. The predicted molar refractivity (Wildman–Crippen MR) is 82.8 cm³/mol. The first-order valence-electron chi connectivity index (χ1n) is 7.70. The number of piperazine rings is 1. The molecule has 1 amide bonds. The van der Waals surface area contributed by atoms with Crippen LogP contribution < -0.4 is 0 Å². The summed E-state index contributed by atoms with van der Waals surface area (Å²) in [5, 5.41) is 7.27. The van der Waals surface area contributed by atoms with Crippen molar-refractivity contribution < 1.29 is 9.21 Å². The number of hydrogen-bond donors (Lipinski definition) is 1. The standard InChI is InChI=1S/C16H22N4O2/c1-12-14(13(2)18-17-12)5-6-19-7-9-20(10-8-19)16(21)15-4-3-11-22-15/h3-4,11H,5-10H2,1-2H3,(H,17,18). The fraction of sp³-hybridized carbons (Fsp3) is 0.500. The molecule has 0 saturated carbocycles. The van der Waals surface area contributed by atoms with Gasteiger partial charge in [0.25, 0.3) is 5.91 Å². The first-order chi connectivity index (χ1) is 10.6. The van der Waals surface area contributed by atoms with E-state index in [0.29, 0.717) is 5.76 Å². The van der Waals surface area contributed by atoms with Gasteiger partial charge in [0, 0.05) is 38.4 Å². The minimum absolute atomic E-state index is 0.00817. The van der Waals surface area contributed by atoms with Crippen LogP contribution in [-0.2, 0) is 6.42 Å². The number of aryl methyl sites for hydroxylation is 2. The van der Waals surface area contributed by atoms with Crippen molar-refractivity contribution >= 4 is 5.91 Å². The fourth-order valence-corrected chi connectivity index (χ4v) is 2.94. The molecule has 6 heteroatoms. The molecule has 0 spiro atoms. The topological polar surface area (TPSA) is 65.4 Å². The summed E-state index contributed by atoms with van der Waals surface area (Å²) in [4.78, 5) is 16.5. The Bertz CT molecular complexity index is 605. The summed E-state index contributed by atoms with van der Waals surface area (Å²) in [5.41, 5.74) is 3.56. The van der Waals surface area contributed by atoms with E-state index in [2.05, 4.69) is 22.0 Å². The van der Waals surface area contributed by atoms with Crippen molar-refractivity contribution in [2.24, 2.45) is 0 Å². The van der Waals surface area contributed by atoms with Crippen LogP contribution in [0.1, 0.15) is 27.5 Å². The van der Waals surface area contributed by atoms with Crippen LogP contribution >= 0.6 is 0 Å². The van der Waals surface area contributed by atoms with Gasteiger partial charge in [-0.05, 0) is 38.0 Å². The molecule has 0 bridgehead atoms. The number of aromatic amines is 1. The molecule has 0 aromatic carbocycles. The summed E-state index contributed by atoms with van der Waals surface area (Å²) in [6.45, 7) is 8.43. The third-order valence-corrected chi connectivity index (χ3v) is 4.35. The molecule has 118 valence electrons. The zero-order chi connectivity index (χ0) is 15.5. The molecule has 1 aliphatic rings. The van der Waals surface area contributed by atoms with Crippen molar-refractivity contribution in [1.29, 1.82) is 0 Å². The van der Waals surface area contributed by atoms with Crippen LogP contribution in [0.25, 0.3) is 0 Å². The van der Waals surface area contributed by atoms with Gasteiger partial charge in [-0.25, -0.2) is 0 Å². The van der Waals surface area contributed by atoms with E-state index in [1.165, 1.54) is 5.56 Å². The molecule has 1 fully saturated rings. The Kier molecular flexibility index (Phi) is 4.29. The number of furan rings is 1. The van der Waals surface area contributed by atoms with Crippen molar-refractivity contribution in [2.75, 3.05) is 32.7 Å². The second-order valence-electron chi connectivity index (χ2n) is 5.77. The normalized spacial score (nSPS) is 16.2. The van der Waals surface area contributed by atoms with Gasteiger partial charge >= 0.3 is 0 Å². The summed E-state index contributed by atoms with van der Waals surface area (Å²) in [6.07, 6.45) is 2.54. The molecule has 1 aliphatic heterocycles. The maximum atomic E-state index is 12.2. The lowest BCUT2D eigenvalue weighted by Crippen LogP contribution is -2.49. The van der Waals surface area contributed by atoms with E-state index in [4.69, 9.17) is 4.42 Å². The number of aromatic nitrogens is 2. The maximum absolute atomic E-state index is 12.2. The Labute approximate surface area is 130 Å². The maximum Gasteiger partial charge on any atom is 0.289 e. The monoisotopic (exact) mass is 302 g/mol. The summed E-state index contributed by atoms with van der Waals surface area (Å²) in [6, 6.07) is 3.47. The van der Waals surface area contributed by atoms with Crippen LogP contribution in [0.5, 0.6) is 0 Å².